The van der Waals surface area contributed by atoms with Gasteiger partial charge in [-0.25, -0.2) is 0 Å². The Bertz CT molecular complexity index is 1310. The minimum absolute atomic E-state index is 0.271. The summed E-state index contributed by atoms with van der Waals surface area (Å²) >= 11 is 0. The summed E-state index contributed by atoms with van der Waals surface area (Å²) in [5.41, 5.74) is 4.51. The third-order valence-electron chi connectivity index (χ3n) is 6.30. The van der Waals surface area contributed by atoms with Crippen LogP contribution in [0.5, 0.6) is 5.75 Å². The number of piperazine rings is 1. The molecule has 0 radical (unpaired) electrons. The molecule has 0 aliphatic carbocycles. The second kappa shape index (κ2) is 10.1. The molecule has 9 heteroatoms. The molecule has 1 saturated heterocycles. The summed E-state index contributed by atoms with van der Waals surface area (Å²) in [6, 6.07) is 15.5. The fourth-order valence-electron chi connectivity index (χ4n) is 4.21. The molecule has 3 heterocycles. The number of hydrogen-bond donors (Lipinski definition) is 3. The van der Waals surface area contributed by atoms with Crippen LogP contribution in [-0.2, 0) is 6.54 Å². The van der Waals surface area contributed by atoms with Gasteiger partial charge in [0.25, 0.3) is 5.91 Å². The first-order valence-corrected chi connectivity index (χ1v) is 11.6. The number of fused-ring (bicyclic) bond motifs is 1. The van der Waals surface area contributed by atoms with Crippen molar-refractivity contribution in [3.8, 4) is 5.75 Å². The minimum atomic E-state index is -0.271. The summed E-state index contributed by atoms with van der Waals surface area (Å²) in [5, 5.41) is 14.0. The lowest BCUT2D eigenvalue weighted by Gasteiger charge is -2.32. The molecule has 0 unspecified atom stereocenters. The van der Waals surface area contributed by atoms with Gasteiger partial charge < -0.3 is 20.3 Å². The van der Waals surface area contributed by atoms with Crippen LogP contribution in [0.1, 0.15) is 16.1 Å². The number of rotatable bonds is 7. The Morgan fingerprint density at radius 1 is 1.06 bits per heavy atom. The Balaban J connectivity index is 1.27. The molecule has 0 saturated carbocycles. The summed E-state index contributed by atoms with van der Waals surface area (Å²) in [4.78, 5) is 22.2. The zero-order valence-electron chi connectivity index (χ0n) is 19.9. The maximum atomic E-state index is 13.0. The van der Waals surface area contributed by atoms with Crippen LogP contribution < -0.4 is 15.4 Å². The summed E-state index contributed by atoms with van der Waals surface area (Å²) in [6.07, 6.45) is 3.32. The number of likely N-dealkylation sites (N-methyl/N-ethyl adjacent to an activating group) is 1. The number of hydrogen-bond acceptors (Lipinski definition) is 7. The number of H-pyrrole nitrogens is 1. The lowest BCUT2D eigenvalue weighted by atomic mass is 10.1. The lowest BCUT2D eigenvalue weighted by Crippen LogP contribution is -2.43. The molecule has 3 N–H and O–H groups in total. The van der Waals surface area contributed by atoms with E-state index in [9.17, 15) is 4.79 Å². The van der Waals surface area contributed by atoms with Crippen molar-refractivity contribution in [1.29, 1.82) is 0 Å². The first-order valence-electron chi connectivity index (χ1n) is 11.6. The molecule has 180 valence electrons. The number of methoxy groups -OCH3 is 1. The SMILES string of the molecule is COc1ccc2nccc(Nc3cn[nH]c3C(=O)Nc3ccc(CN4CCN(C)CC4)cc3)c2c1. The van der Waals surface area contributed by atoms with Gasteiger partial charge in [-0.15, -0.1) is 0 Å². The zero-order valence-corrected chi connectivity index (χ0v) is 19.9. The predicted molar refractivity (Wildman–Crippen MR) is 137 cm³/mol. The van der Waals surface area contributed by atoms with E-state index in [0.717, 1.165) is 60.8 Å². The fraction of sp³-hybridized carbons (Fsp3) is 0.269. The Morgan fingerprint density at radius 2 is 1.86 bits per heavy atom. The molecule has 1 aliphatic rings. The molecule has 4 aromatic rings. The number of aromatic amines is 1. The highest BCUT2D eigenvalue weighted by atomic mass is 16.5. The van der Waals surface area contributed by atoms with Crippen LogP contribution in [0.2, 0.25) is 0 Å². The van der Waals surface area contributed by atoms with Crippen LogP contribution in [-0.4, -0.2) is 71.2 Å². The summed E-state index contributed by atoms with van der Waals surface area (Å²) in [5.74, 6) is 0.461. The highest BCUT2D eigenvalue weighted by Gasteiger charge is 2.17. The molecule has 9 nitrogen and oxygen atoms in total. The number of anilines is 3. The molecule has 1 aliphatic heterocycles. The number of aromatic nitrogens is 3. The van der Waals surface area contributed by atoms with Crippen molar-refractivity contribution < 1.29 is 9.53 Å². The molecule has 1 fully saturated rings. The Labute approximate surface area is 204 Å². The van der Waals surface area contributed by atoms with Crippen molar-refractivity contribution in [2.24, 2.45) is 0 Å². The van der Waals surface area contributed by atoms with Gasteiger partial charge in [0, 0.05) is 55.7 Å². The molecule has 0 bridgehead atoms. The van der Waals surface area contributed by atoms with E-state index < -0.39 is 0 Å². The number of carbonyl (C=O) groups is 1. The van der Waals surface area contributed by atoms with Gasteiger partial charge in [0.2, 0.25) is 0 Å². The van der Waals surface area contributed by atoms with E-state index in [1.165, 1.54) is 5.56 Å². The molecule has 35 heavy (non-hydrogen) atoms. The van der Waals surface area contributed by atoms with E-state index in [4.69, 9.17) is 4.74 Å². The third kappa shape index (κ3) is 5.26. The standard InChI is InChI=1S/C26H29N7O2/c1-32-11-13-33(14-12-32)17-18-3-5-19(6-4-18)29-26(34)25-24(16-28-31-25)30-23-9-10-27-22-8-7-20(35-2)15-21(22)23/h3-10,15-16H,11-14,17H2,1-2H3,(H,27,30)(H,28,31)(H,29,34). The van der Waals surface area contributed by atoms with Crippen LogP contribution in [0.25, 0.3) is 10.9 Å². The Hall–Kier alpha value is -3.95. The van der Waals surface area contributed by atoms with Gasteiger partial charge in [-0.3, -0.25) is 19.8 Å². The van der Waals surface area contributed by atoms with Gasteiger partial charge in [-0.1, -0.05) is 12.1 Å². The van der Waals surface area contributed by atoms with Crippen molar-refractivity contribution in [2.45, 2.75) is 6.54 Å². The van der Waals surface area contributed by atoms with Crippen LogP contribution in [0.15, 0.2) is 60.9 Å². The first-order chi connectivity index (χ1) is 17.1. The molecular formula is C26H29N7O2. The van der Waals surface area contributed by atoms with Crippen molar-refractivity contribution in [2.75, 3.05) is 51.0 Å². The van der Waals surface area contributed by atoms with E-state index >= 15 is 0 Å². The summed E-state index contributed by atoms with van der Waals surface area (Å²) in [6.45, 7) is 5.25. The van der Waals surface area contributed by atoms with Crippen molar-refractivity contribution in [1.82, 2.24) is 25.0 Å². The Kier molecular flexibility index (Phi) is 6.60. The molecular weight excluding hydrogens is 442 g/mol. The molecule has 2 aromatic heterocycles. The van der Waals surface area contributed by atoms with Crippen molar-refractivity contribution in [3.63, 3.8) is 0 Å². The van der Waals surface area contributed by atoms with Gasteiger partial charge in [0.05, 0.1) is 24.5 Å². The topological polar surface area (TPSA) is 98.4 Å². The van der Waals surface area contributed by atoms with Crippen LogP contribution in [0.3, 0.4) is 0 Å². The van der Waals surface area contributed by atoms with Crippen molar-refractivity contribution >= 4 is 33.9 Å². The highest BCUT2D eigenvalue weighted by molar-refractivity contribution is 6.07. The quantitative estimate of drug-likeness (QED) is 0.378. The van der Waals surface area contributed by atoms with E-state index in [2.05, 4.69) is 54.8 Å². The number of nitrogens with one attached hydrogen (secondary N) is 3. The van der Waals surface area contributed by atoms with E-state index in [-0.39, 0.29) is 5.91 Å². The molecule has 0 spiro atoms. The van der Waals surface area contributed by atoms with Crippen LogP contribution in [0.4, 0.5) is 17.1 Å². The largest absolute Gasteiger partial charge is 0.497 e. The monoisotopic (exact) mass is 471 g/mol. The average Bonchev–Trinajstić information content (AvgIpc) is 3.35. The number of nitrogens with zero attached hydrogens (tertiary/aromatic N) is 4. The van der Waals surface area contributed by atoms with Gasteiger partial charge in [0.15, 0.2) is 0 Å². The first kappa shape index (κ1) is 22.8. The minimum Gasteiger partial charge on any atom is -0.497 e. The summed E-state index contributed by atoms with van der Waals surface area (Å²) in [7, 11) is 3.79. The maximum absolute atomic E-state index is 13.0. The molecule has 1 amide bonds. The summed E-state index contributed by atoms with van der Waals surface area (Å²) < 4.78 is 5.35. The van der Waals surface area contributed by atoms with Crippen LogP contribution in [0, 0.1) is 0 Å². The number of pyridine rings is 1. The van der Waals surface area contributed by atoms with Gasteiger partial charge in [0.1, 0.15) is 11.4 Å². The van der Waals surface area contributed by atoms with E-state index in [1.54, 1.807) is 19.5 Å². The van der Waals surface area contributed by atoms with Crippen molar-refractivity contribution in [3.05, 3.63) is 72.2 Å². The number of carbonyl (C=O) groups excluding carboxylic acids is 1. The number of amides is 1. The third-order valence-corrected chi connectivity index (χ3v) is 6.30. The Morgan fingerprint density at radius 3 is 2.63 bits per heavy atom. The number of ether oxygens (including phenoxy) is 1. The van der Waals surface area contributed by atoms with Gasteiger partial charge in [-0.05, 0) is 49.0 Å². The highest BCUT2D eigenvalue weighted by Crippen LogP contribution is 2.29. The zero-order chi connectivity index (χ0) is 24.2. The van der Waals surface area contributed by atoms with E-state index in [0.29, 0.717) is 11.4 Å². The predicted octanol–water partition coefficient (Wildman–Crippen LogP) is 3.71. The maximum Gasteiger partial charge on any atom is 0.275 e. The molecule has 0 atom stereocenters. The average molecular weight is 472 g/mol. The second-order valence-electron chi connectivity index (χ2n) is 8.76. The lowest BCUT2D eigenvalue weighted by molar-refractivity contribution is 0.102. The second-order valence-corrected chi connectivity index (χ2v) is 8.76. The van der Waals surface area contributed by atoms with Gasteiger partial charge in [-0.2, -0.15) is 5.10 Å². The normalized spacial score (nSPS) is 14.7. The van der Waals surface area contributed by atoms with E-state index in [1.807, 2.05) is 36.4 Å². The smallest absolute Gasteiger partial charge is 0.275 e. The molecule has 2 aromatic carbocycles. The fourth-order valence-corrected chi connectivity index (χ4v) is 4.21. The number of benzene rings is 2. The molecule has 5 rings (SSSR count). The van der Waals surface area contributed by atoms with Crippen LogP contribution >= 0.6 is 0 Å². The van der Waals surface area contributed by atoms with Gasteiger partial charge >= 0.3 is 0 Å².